The lowest BCUT2D eigenvalue weighted by molar-refractivity contribution is -0.384. The minimum Gasteiger partial charge on any atom is -0.497 e. The molecule has 9 heteroatoms. The number of amides is 2. The quantitative estimate of drug-likeness (QED) is 0.278. The third kappa shape index (κ3) is 5.79. The molecule has 162 valence electrons. The number of hydrogen-bond donors (Lipinski definition) is 2. The van der Waals surface area contributed by atoms with E-state index in [0.717, 1.165) is 0 Å². The van der Waals surface area contributed by atoms with Crippen molar-refractivity contribution in [1.82, 2.24) is 5.32 Å². The lowest BCUT2D eigenvalue weighted by atomic mass is 10.1. The van der Waals surface area contributed by atoms with E-state index < -0.39 is 16.7 Å². The zero-order valence-corrected chi connectivity index (χ0v) is 18.5. The number of methoxy groups -OCH3 is 1. The number of hydrogen-bond acceptors (Lipinski definition) is 5. The van der Waals surface area contributed by atoms with Gasteiger partial charge in [-0.25, -0.2) is 0 Å². The van der Waals surface area contributed by atoms with Gasteiger partial charge in [0, 0.05) is 22.3 Å². The van der Waals surface area contributed by atoms with Gasteiger partial charge in [-0.15, -0.1) is 0 Å². The van der Waals surface area contributed by atoms with E-state index in [1.165, 1.54) is 37.5 Å². The van der Waals surface area contributed by atoms with Gasteiger partial charge < -0.3 is 15.4 Å². The van der Waals surface area contributed by atoms with Crippen LogP contribution in [0.3, 0.4) is 0 Å². The highest BCUT2D eigenvalue weighted by Gasteiger charge is 2.18. The molecule has 0 radical (unpaired) electrons. The Bertz CT molecular complexity index is 1200. The first kappa shape index (κ1) is 22.7. The molecule has 0 saturated carbocycles. The summed E-state index contributed by atoms with van der Waals surface area (Å²) in [5.41, 5.74) is 0.931. The smallest absolute Gasteiger partial charge is 0.272 e. The van der Waals surface area contributed by atoms with E-state index in [-0.39, 0.29) is 16.9 Å². The molecule has 0 atom stereocenters. The van der Waals surface area contributed by atoms with Gasteiger partial charge in [0.2, 0.25) is 0 Å². The lowest BCUT2D eigenvalue weighted by Crippen LogP contribution is -2.31. The van der Waals surface area contributed by atoms with E-state index in [1.807, 2.05) is 0 Å². The predicted molar refractivity (Wildman–Crippen MR) is 124 cm³/mol. The molecule has 0 saturated heterocycles. The molecule has 0 aromatic heterocycles. The van der Waals surface area contributed by atoms with Crippen molar-refractivity contribution in [2.24, 2.45) is 0 Å². The third-order valence-corrected chi connectivity index (χ3v) is 5.03. The first-order valence-corrected chi connectivity index (χ1v) is 10.1. The Balaban J connectivity index is 1.96. The number of nitrogens with zero attached hydrogens (tertiary/aromatic N) is 1. The fourth-order valence-electron chi connectivity index (χ4n) is 2.77. The molecule has 2 amide bonds. The average molecular weight is 496 g/mol. The number of nitro benzene ring substituents is 1. The number of carbonyl (C=O) groups excluding carboxylic acids is 2. The van der Waals surface area contributed by atoms with Crippen molar-refractivity contribution >= 4 is 45.2 Å². The summed E-state index contributed by atoms with van der Waals surface area (Å²) in [4.78, 5) is 36.4. The van der Waals surface area contributed by atoms with Crippen LogP contribution in [0.4, 0.5) is 11.4 Å². The molecule has 0 aliphatic carbocycles. The molecule has 0 heterocycles. The number of nitro groups is 1. The molecular weight excluding hydrogens is 478 g/mol. The lowest BCUT2D eigenvalue weighted by Gasteiger charge is -2.13. The molecular formula is C23H18BrN3O5. The number of nitrogens with one attached hydrogen (secondary N) is 2. The Morgan fingerprint density at radius 1 is 1.03 bits per heavy atom. The second-order valence-electron chi connectivity index (χ2n) is 6.53. The van der Waals surface area contributed by atoms with Crippen LogP contribution < -0.4 is 15.4 Å². The normalized spacial score (nSPS) is 10.9. The molecule has 2 N–H and O–H groups in total. The maximum absolute atomic E-state index is 12.9. The van der Waals surface area contributed by atoms with Gasteiger partial charge in [0.15, 0.2) is 0 Å². The molecule has 3 aromatic carbocycles. The number of non-ortho nitro benzene ring substituents is 1. The van der Waals surface area contributed by atoms with Crippen LogP contribution in [0.5, 0.6) is 5.75 Å². The van der Waals surface area contributed by atoms with Crippen molar-refractivity contribution in [3.05, 3.63) is 104 Å². The molecule has 32 heavy (non-hydrogen) atoms. The van der Waals surface area contributed by atoms with Crippen molar-refractivity contribution in [3.63, 3.8) is 0 Å². The number of ether oxygens (including phenoxy) is 1. The summed E-state index contributed by atoms with van der Waals surface area (Å²) in [5, 5.41) is 16.4. The molecule has 0 aliphatic heterocycles. The van der Waals surface area contributed by atoms with Crippen LogP contribution in [0.2, 0.25) is 0 Å². The van der Waals surface area contributed by atoms with E-state index in [0.29, 0.717) is 21.5 Å². The second kappa shape index (κ2) is 10.4. The molecule has 0 spiro atoms. The van der Waals surface area contributed by atoms with Gasteiger partial charge in [-0.2, -0.15) is 0 Å². The molecule has 0 fully saturated rings. The third-order valence-electron chi connectivity index (χ3n) is 4.33. The number of anilines is 1. The molecule has 0 aliphatic rings. The van der Waals surface area contributed by atoms with Crippen LogP contribution >= 0.6 is 15.9 Å². The van der Waals surface area contributed by atoms with Crippen LogP contribution in [-0.4, -0.2) is 23.8 Å². The summed E-state index contributed by atoms with van der Waals surface area (Å²) in [6, 6.07) is 19.3. The molecule has 8 nitrogen and oxygen atoms in total. The zero-order chi connectivity index (χ0) is 23.1. The van der Waals surface area contributed by atoms with Gasteiger partial charge in [-0.05, 0) is 57.9 Å². The molecule has 3 aromatic rings. The van der Waals surface area contributed by atoms with Crippen molar-refractivity contribution < 1.29 is 19.2 Å². The monoisotopic (exact) mass is 495 g/mol. The Morgan fingerprint density at radius 3 is 2.47 bits per heavy atom. The van der Waals surface area contributed by atoms with E-state index in [2.05, 4.69) is 26.6 Å². The maximum Gasteiger partial charge on any atom is 0.272 e. The predicted octanol–water partition coefficient (Wildman–Crippen LogP) is 4.78. The van der Waals surface area contributed by atoms with Crippen LogP contribution in [0.15, 0.2) is 83.0 Å². The summed E-state index contributed by atoms with van der Waals surface area (Å²) in [6.07, 6.45) is 1.37. The van der Waals surface area contributed by atoms with E-state index in [4.69, 9.17) is 4.74 Å². The Hall–Kier alpha value is -3.98. The van der Waals surface area contributed by atoms with Crippen LogP contribution in [0, 0.1) is 10.1 Å². The molecule has 0 bridgehead atoms. The number of benzene rings is 3. The molecule has 0 unspecified atom stereocenters. The number of para-hydroxylation sites is 1. The van der Waals surface area contributed by atoms with E-state index in [1.54, 1.807) is 48.5 Å². The van der Waals surface area contributed by atoms with Crippen LogP contribution in [0.1, 0.15) is 15.9 Å². The Kier molecular flexibility index (Phi) is 7.35. The number of halogens is 1. The highest BCUT2D eigenvalue weighted by molar-refractivity contribution is 9.10. The number of rotatable bonds is 7. The van der Waals surface area contributed by atoms with Gasteiger partial charge in [0.05, 0.1) is 17.6 Å². The van der Waals surface area contributed by atoms with Crippen LogP contribution in [-0.2, 0) is 4.79 Å². The summed E-state index contributed by atoms with van der Waals surface area (Å²) in [5.74, 6) is -0.679. The minimum absolute atomic E-state index is 0.0888. The van der Waals surface area contributed by atoms with Crippen molar-refractivity contribution in [3.8, 4) is 5.75 Å². The largest absolute Gasteiger partial charge is 0.497 e. The summed E-state index contributed by atoms with van der Waals surface area (Å²) in [7, 11) is 1.48. The van der Waals surface area contributed by atoms with E-state index >= 15 is 0 Å². The van der Waals surface area contributed by atoms with Crippen molar-refractivity contribution in [2.75, 3.05) is 12.4 Å². The fraction of sp³-hybridized carbons (Fsp3) is 0.0435. The van der Waals surface area contributed by atoms with Gasteiger partial charge in [-0.1, -0.05) is 30.3 Å². The summed E-state index contributed by atoms with van der Waals surface area (Å²) < 4.78 is 5.67. The van der Waals surface area contributed by atoms with Gasteiger partial charge in [0.1, 0.15) is 11.4 Å². The summed E-state index contributed by atoms with van der Waals surface area (Å²) >= 11 is 3.32. The topological polar surface area (TPSA) is 111 Å². The summed E-state index contributed by atoms with van der Waals surface area (Å²) in [6.45, 7) is 0. The first-order valence-electron chi connectivity index (χ1n) is 9.35. The molecule has 3 rings (SSSR count). The zero-order valence-electron chi connectivity index (χ0n) is 16.9. The van der Waals surface area contributed by atoms with Gasteiger partial charge in [-0.3, -0.25) is 19.7 Å². The highest BCUT2D eigenvalue weighted by atomic mass is 79.9. The van der Waals surface area contributed by atoms with Crippen LogP contribution in [0.25, 0.3) is 6.08 Å². The first-order chi connectivity index (χ1) is 15.4. The Labute approximate surface area is 192 Å². The minimum atomic E-state index is -0.588. The second-order valence-corrected chi connectivity index (χ2v) is 7.38. The van der Waals surface area contributed by atoms with Gasteiger partial charge in [0.25, 0.3) is 17.5 Å². The standard InChI is InChI=1S/C23H18BrN3O5/c1-32-18-10-11-20(24)19(14-18)22(28)26-21(23(29)25-16-7-3-2-4-8-16)13-15-6-5-9-17(12-15)27(30)31/h2-14H,1H3,(H,25,29)(H,26,28)/b21-13+. The fourth-order valence-corrected chi connectivity index (χ4v) is 3.19. The van der Waals surface area contributed by atoms with E-state index in [9.17, 15) is 19.7 Å². The van der Waals surface area contributed by atoms with Gasteiger partial charge >= 0.3 is 0 Å². The number of carbonyl (C=O) groups is 2. The average Bonchev–Trinajstić information content (AvgIpc) is 2.79. The van der Waals surface area contributed by atoms with Crippen molar-refractivity contribution in [2.45, 2.75) is 0 Å². The Morgan fingerprint density at radius 2 is 1.78 bits per heavy atom. The van der Waals surface area contributed by atoms with Crippen molar-refractivity contribution in [1.29, 1.82) is 0 Å². The maximum atomic E-state index is 12.9. The highest BCUT2D eigenvalue weighted by Crippen LogP contribution is 2.23. The SMILES string of the molecule is COc1ccc(Br)c(C(=O)N/C(=C/c2cccc([N+](=O)[O-])c2)C(=O)Nc2ccccc2)c1.